The topological polar surface area (TPSA) is 55.8 Å². The lowest BCUT2D eigenvalue weighted by molar-refractivity contribution is -0.146. The molecule has 0 N–H and O–H groups in total. The number of esters is 1. The quantitative estimate of drug-likeness (QED) is 0.715. The number of ether oxygens (including phenoxy) is 2. The molecule has 0 saturated carbocycles. The van der Waals surface area contributed by atoms with Crippen LogP contribution in [0.5, 0.6) is 0 Å². The smallest absolute Gasteiger partial charge is 0.410 e. The van der Waals surface area contributed by atoms with Crippen molar-refractivity contribution in [2.75, 3.05) is 14.2 Å². The van der Waals surface area contributed by atoms with Gasteiger partial charge >= 0.3 is 12.1 Å². The van der Waals surface area contributed by atoms with Crippen LogP contribution in [0.25, 0.3) is 0 Å². The number of benzene rings is 1. The Bertz CT molecular complexity index is 674. The van der Waals surface area contributed by atoms with Crippen LogP contribution in [-0.2, 0) is 20.9 Å². The number of nitrogens with zero attached hydrogens (tertiary/aromatic N) is 1. The van der Waals surface area contributed by atoms with Gasteiger partial charge in [0.05, 0.1) is 10.9 Å². The summed E-state index contributed by atoms with van der Waals surface area (Å²) in [4.78, 5) is 26.2. The molecule has 0 aliphatic carbocycles. The van der Waals surface area contributed by atoms with Crippen LogP contribution < -0.4 is 0 Å². The van der Waals surface area contributed by atoms with Gasteiger partial charge in [0.1, 0.15) is 6.61 Å². The number of amides is 1. The van der Waals surface area contributed by atoms with Crippen LogP contribution in [0.4, 0.5) is 4.79 Å². The maximum atomic E-state index is 12.2. The van der Waals surface area contributed by atoms with Crippen LogP contribution >= 0.6 is 27.3 Å². The molecular weight excluding hydrogens is 382 g/mol. The van der Waals surface area contributed by atoms with E-state index < -0.39 is 18.1 Å². The Morgan fingerprint density at radius 2 is 1.91 bits per heavy atom. The fourth-order valence-corrected chi connectivity index (χ4v) is 3.53. The van der Waals surface area contributed by atoms with E-state index in [1.54, 1.807) is 6.07 Å². The highest BCUT2D eigenvalue weighted by molar-refractivity contribution is 9.11. The number of methoxy groups -OCH3 is 1. The zero-order valence-corrected chi connectivity index (χ0v) is 15.1. The normalized spacial score (nSPS) is 11.6. The molecule has 0 aliphatic rings. The third-order valence-corrected chi connectivity index (χ3v) is 4.84. The summed E-state index contributed by atoms with van der Waals surface area (Å²) >= 11 is 4.72. The molecule has 1 aromatic heterocycles. The van der Waals surface area contributed by atoms with Crippen molar-refractivity contribution in [3.8, 4) is 0 Å². The molecule has 2 rings (SSSR count). The largest absolute Gasteiger partial charge is 0.467 e. The van der Waals surface area contributed by atoms with Crippen molar-refractivity contribution in [3.63, 3.8) is 0 Å². The molecule has 1 amide bonds. The number of rotatable bonds is 5. The number of hydrogen-bond donors (Lipinski definition) is 0. The van der Waals surface area contributed by atoms with E-state index in [9.17, 15) is 9.59 Å². The second-order valence-electron chi connectivity index (χ2n) is 4.72. The zero-order chi connectivity index (χ0) is 16.8. The highest BCUT2D eigenvalue weighted by Gasteiger charge is 2.31. The fraction of sp³-hybridized carbons (Fsp3) is 0.250. The molecule has 1 aromatic carbocycles. The van der Waals surface area contributed by atoms with Crippen molar-refractivity contribution >= 4 is 39.3 Å². The molecule has 23 heavy (non-hydrogen) atoms. The predicted octanol–water partition coefficient (Wildman–Crippen LogP) is 3.99. The van der Waals surface area contributed by atoms with Crippen molar-refractivity contribution in [1.29, 1.82) is 0 Å². The van der Waals surface area contributed by atoms with Crippen LogP contribution in [0.2, 0.25) is 0 Å². The summed E-state index contributed by atoms with van der Waals surface area (Å²) in [5, 5.41) is 0. The van der Waals surface area contributed by atoms with Gasteiger partial charge in [0, 0.05) is 11.9 Å². The lowest BCUT2D eigenvalue weighted by Crippen LogP contribution is -2.36. The van der Waals surface area contributed by atoms with Crippen molar-refractivity contribution in [1.82, 2.24) is 4.90 Å². The molecule has 0 bridgehead atoms. The summed E-state index contributed by atoms with van der Waals surface area (Å²) in [6.07, 6.45) is -0.589. The first kappa shape index (κ1) is 17.5. The maximum Gasteiger partial charge on any atom is 0.410 e. The lowest BCUT2D eigenvalue weighted by atomic mass is 10.2. The first-order chi connectivity index (χ1) is 11.0. The van der Waals surface area contributed by atoms with Gasteiger partial charge in [-0.15, -0.1) is 11.3 Å². The molecule has 1 unspecified atom stereocenters. The van der Waals surface area contributed by atoms with Gasteiger partial charge in [-0.2, -0.15) is 0 Å². The lowest BCUT2D eigenvalue weighted by Gasteiger charge is -2.24. The Kier molecular flexibility index (Phi) is 6.18. The van der Waals surface area contributed by atoms with E-state index >= 15 is 0 Å². The Labute approximate surface area is 146 Å². The number of thiophene rings is 1. The predicted molar refractivity (Wildman–Crippen MR) is 91.2 cm³/mol. The summed E-state index contributed by atoms with van der Waals surface area (Å²) in [6.45, 7) is 0.145. The second kappa shape index (κ2) is 8.12. The van der Waals surface area contributed by atoms with Gasteiger partial charge in [0.15, 0.2) is 6.04 Å². The first-order valence-corrected chi connectivity index (χ1v) is 8.40. The van der Waals surface area contributed by atoms with Gasteiger partial charge in [-0.05, 0) is 33.6 Å². The monoisotopic (exact) mass is 397 g/mol. The van der Waals surface area contributed by atoms with E-state index in [0.29, 0.717) is 4.88 Å². The van der Waals surface area contributed by atoms with Crippen molar-refractivity contribution in [2.24, 2.45) is 0 Å². The number of carbonyl (C=O) groups excluding carboxylic acids is 2. The van der Waals surface area contributed by atoms with E-state index in [-0.39, 0.29) is 6.61 Å². The van der Waals surface area contributed by atoms with Gasteiger partial charge in [0.25, 0.3) is 0 Å². The SMILES string of the molecule is COC(=O)C(c1ccc(Br)s1)N(C)C(=O)OCc1ccccc1. The third-order valence-electron chi connectivity index (χ3n) is 3.17. The summed E-state index contributed by atoms with van der Waals surface area (Å²) in [5.41, 5.74) is 0.878. The van der Waals surface area contributed by atoms with Crippen LogP contribution in [0.3, 0.4) is 0 Å². The second-order valence-corrected chi connectivity index (χ2v) is 7.21. The average molecular weight is 398 g/mol. The molecular formula is C16H16BrNO4S. The molecule has 0 spiro atoms. The van der Waals surface area contributed by atoms with E-state index in [4.69, 9.17) is 9.47 Å². The summed E-state index contributed by atoms with van der Waals surface area (Å²) in [5.74, 6) is -0.515. The van der Waals surface area contributed by atoms with Crippen molar-refractivity contribution in [2.45, 2.75) is 12.6 Å². The van der Waals surface area contributed by atoms with Gasteiger partial charge < -0.3 is 9.47 Å². The van der Waals surface area contributed by atoms with Gasteiger partial charge in [0.2, 0.25) is 0 Å². The minimum Gasteiger partial charge on any atom is -0.467 e. The molecule has 5 nitrogen and oxygen atoms in total. The van der Waals surface area contributed by atoms with Crippen LogP contribution in [0.15, 0.2) is 46.3 Å². The maximum absolute atomic E-state index is 12.2. The zero-order valence-electron chi connectivity index (χ0n) is 12.7. The van der Waals surface area contributed by atoms with Crippen LogP contribution in [0.1, 0.15) is 16.5 Å². The van der Waals surface area contributed by atoms with Gasteiger partial charge in [-0.25, -0.2) is 9.59 Å². The molecule has 0 fully saturated rings. The highest BCUT2D eigenvalue weighted by atomic mass is 79.9. The highest BCUT2D eigenvalue weighted by Crippen LogP contribution is 2.31. The van der Waals surface area contributed by atoms with E-state index in [2.05, 4.69) is 15.9 Å². The Hall–Kier alpha value is -1.86. The van der Waals surface area contributed by atoms with Crippen molar-refractivity contribution in [3.05, 3.63) is 56.7 Å². The van der Waals surface area contributed by atoms with Crippen molar-refractivity contribution < 1.29 is 19.1 Å². The van der Waals surface area contributed by atoms with E-state index in [1.807, 2.05) is 36.4 Å². The molecule has 1 heterocycles. The average Bonchev–Trinajstić information content (AvgIpc) is 2.99. The van der Waals surface area contributed by atoms with E-state index in [1.165, 1.54) is 30.4 Å². The summed E-state index contributed by atoms with van der Waals surface area (Å²) < 4.78 is 10.9. The van der Waals surface area contributed by atoms with Crippen LogP contribution in [-0.4, -0.2) is 31.1 Å². The first-order valence-electron chi connectivity index (χ1n) is 6.79. The Morgan fingerprint density at radius 3 is 2.48 bits per heavy atom. The fourth-order valence-electron chi connectivity index (χ4n) is 1.98. The standard InChI is InChI=1S/C16H16BrNO4S/c1-18(16(20)22-10-11-6-4-3-5-7-11)14(15(19)21-2)12-8-9-13(17)23-12/h3-9,14H,10H2,1-2H3. The molecule has 2 aromatic rings. The number of carbonyl (C=O) groups is 2. The number of likely N-dealkylation sites (N-methyl/N-ethyl adjacent to an activating group) is 1. The summed E-state index contributed by atoms with van der Waals surface area (Å²) in [6, 6.07) is 12.1. The van der Waals surface area contributed by atoms with Gasteiger partial charge in [-0.1, -0.05) is 30.3 Å². The molecule has 0 aliphatic heterocycles. The Morgan fingerprint density at radius 1 is 1.22 bits per heavy atom. The number of hydrogen-bond acceptors (Lipinski definition) is 5. The van der Waals surface area contributed by atoms with Gasteiger partial charge in [-0.3, -0.25) is 4.90 Å². The van der Waals surface area contributed by atoms with Crippen LogP contribution in [0, 0.1) is 0 Å². The summed E-state index contributed by atoms with van der Waals surface area (Å²) in [7, 11) is 2.81. The third kappa shape index (κ3) is 4.56. The minimum absolute atomic E-state index is 0.145. The number of halogens is 1. The minimum atomic E-state index is -0.834. The molecule has 122 valence electrons. The molecule has 0 radical (unpaired) electrons. The molecule has 1 atom stereocenters. The molecule has 7 heteroatoms. The Balaban J connectivity index is 2.08. The van der Waals surface area contributed by atoms with E-state index in [0.717, 1.165) is 9.35 Å². The molecule has 0 saturated heterocycles.